The number of rotatable bonds is 3. The van der Waals surface area contributed by atoms with Crippen molar-refractivity contribution >= 4 is 0 Å². The van der Waals surface area contributed by atoms with E-state index in [1.807, 2.05) is 19.9 Å². The maximum Gasteiger partial charge on any atom is 0.00430 e. The van der Waals surface area contributed by atoms with Crippen LogP contribution in [0.1, 0.15) is 27.2 Å². The van der Waals surface area contributed by atoms with Crippen molar-refractivity contribution in [2.45, 2.75) is 27.2 Å². The summed E-state index contributed by atoms with van der Waals surface area (Å²) in [5.74, 6) is 0.510. The molecule has 0 aliphatic heterocycles. The quantitative estimate of drug-likeness (QED) is 0.597. The van der Waals surface area contributed by atoms with Crippen LogP contribution in [0.2, 0.25) is 0 Å². The first-order valence-corrected chi connectivity index (χ1v) is 3.64. The predicted molar refractivity (Wildman–Crippen MR) is 46.5 cm³/mol. The maximum absolute atomic E-state index is 5.63. The van der Waals surface area contributed by atoms with Gasteiger partial charge in [0.05, 0.1) is 0 Å². The Balaban J connectivity index is 3.80. The monoisotopic (exact) mass is 139 g/mol. The first-order chi connectivity index (χ1) is 4.57. The van der Waals surface area contributed by atoms with Gasteiger partial charge < -0.3 is 5.73 Å². The summed E-state index contributed by atoms with van der Waals surface area (Å²) in [6.07, 6.45) is 2.88. The fourth-order valence-corrected chi connectivity index (χ4v) is 0.646. The largest absolute Gasteiger partial charge is 0.402 e. The molecule has 0 saturated heterocycles. The second kappa shape index (κ2) is 4.15. The third-order valence-corrected chi connectivity index (χ3v) is 1.75. The Morgan fingerprint density at radius 1 is 1.70 bits per heavy atom. The lowest BCUT2D eigenvalue weighted by Crippen LogP contribution is -2.04. The van der Waals surface area contributed by atoms with E-state index in [9.17, 15) is 0 Å². The average Bonchev–Trinajstić information content (AvgIpc) is 1.87. The van der Waals surface area contributed by atoms with E-state index < -0.39 is 0 Å². The van der Waals surface area contributed by atoms with Gasteiger partial charge in [-0.2, -0.15) is 0 Å². The van der Waals surface area contributed by atoms with Crippen molar-refractivity contribution in [3.63, 3.8) is 0 Å². The van der Waals surface area contributed by atoms with Crippen LogP contribution >= 0.6 is 0 Å². The molecule has 0 aromatic carbocycles. The van der Waals surface area contributed by atoms with Gasteiger partial charge in [0.2, 0.25) is 0 Å². The van der Waals surface area contributed by atoms with E-state index in [2.05, 4.69) is 13.5 Å². The van der Waals surface area contributed by atoms with Crippen LogP contribution in [0.5, 0.6) is 0 Å². The maximum atomic E-state index is 5.63. The summed E-state index contributed by atoms with van der Waals surface area (Å²) in [4.78, 5) is 0. The van der Waals surface area contributed by atoms with Gasteiger partial charge in [0.15, 0.2) is 0 Å². The van der Waals surface area contributed by atoms with Crippen molar-refractivity contribution in [1.82, 2.24) is 0 Å². The molecule has 0 saturated carbocycles. The normalized spacial score (nSPS) is 14.9. The van der Waals surface area contributed by atoms with Gasteiger partial charge in [0.25, 0.3) is 0 Å². The molecule has 0 rings (SSSR count). The molecule has 10 heavy (non-hydrogen) atoms. The number of nitrogens with two attached hydrogens (primary N) is 1. The minimum absolute atomic E-state index is 0.510. The summed E-state index contributed by atoms with van der Waals surface area (Å²) in [5, 5.41) is 0. The lowest BCUT2D eigenvalue weighted by molar-refractivity contribution is 0.669. The van der Waals surface area contributed by atoms with Gasteiger partial charge in [0, 0.05) is 5.70 Å². The first-order valence-electron chi connectivity index (χ1n) is 3.64. The van der Waals surface area contributed by atoms with E-state index in [-0.39, 0.29) is 0 Å². The fourth-order valence-electron chi connectivity index (χ4n) is 0.646. The third-order valence-electron chi connectivity index (χ3n) is 1.75. The van der Waals surface area contributed by atoms with E-state index in [1.165, 1.54) is 5.57 Å². The minimum Gasteiger partial charge on any atom is -0.402 e. The van der Waals surface area contributed by atoms with Crippen LogP contribution in [0.15, 0.2) is 23.9 Å². The molecular formula is C9H17N. The topological polar surface area (TPSA) is 26.0 Å². The van der Waals surface area contributed by atoms with Gasteiger partial charge in [-0.15, -0.1) is 0 Å². The molecular weight excluding hydrogens is 122 g/mol. The van der Waals surface area contributed by atoms with Crippen LogP contribution < -0.4 is 5.73 Å². The van der Waals surface area contributed by atoms with Gasteiger partial charge in [-0.25, -0.2) is 0 Å². The van der Waals surface area contributed by atoms with E-state index >= 15 is 0 Å². The molecule has 0 heterocycles. The van der Waals surface area contributed by atoms with E-state index in [1.54, 1.807) is 0 Å². The molecule has 1 nitrogen and oxygen atoms in total. The highest BCUT2D eigenvalue weighted by Crippen LogP contribution is 2.14. The number of hydrogen-bond donors (Lipinski definition) is 1. The molecule has 1 heteroatoms. The Kier molecular flexibility index (Phi) is 3.85. The van der Waals surface area contributed by atoms with Crippen molar-refractivity contribution in [2.24, 2.45) is 11.7 Å². The zero-order chi connectivity index (χ0) is 8.15. The van der Waals surface area contributed by atoms with E-state index in [0.717, 1.165) is 12.1 Å². The molecule has 0 aromatic rings. The molecule has 0 spiro atoms. The average molecular weight is 139 g/mol. The molecule has 0 aromatic heterocycles. The summed E-state index contributed by atoms with van der Waals surface area (Å²) in [6.45, 7) is 9.99. The second-order valence-electron chi connectivity index (χ2n) is 2.82. The highest BCUT2D eigenvalue weighted by atomic mass is 14.6. The summed E-state index contributed by atoms with van der Waals surface area (Å²) < 4.78 is 0. The van der Waals surface area contributed by atoms with Gasteiger partial charge >= 0.3 is 0 Å². The van der Waals surface area contributed by atoms with E-state index in [4.69, 9.17) is 5.73 Å². The first kappa shape index (κ1) is 9.28. The highest BCUT2D eigenvalue weighted by molar-refractivity contribution is 5.03. The van der Waals surface area contributed by atoms with Gasteiger partial charge in [-0.1, -0.05) is 25.2 Å². The molecule has 0 bridgehead atoms. The zero-order valence-corrected chi connectivity index (χ0v) is 7.15. The Morgan fingerprint density at radius 2 is 2.20 bits per heavy atom. The van der Waals surface area contributed by atoms with Crippen LogP contribution in [0.4, 0.5) is 0 Å². The van der Waals surface area contributed by atoms with Gasteiger partial charge in [0.1, 0.15) is 0 Å². The predicted octanol–water partition coefficient (Wildman–Crippen LogP) is 2.45. The second-order valence-corrected chi connectivity index (χ2v) is 2.82. The van der Waals surface area contributed by atoms with Crippen molar-refractivity contribution in [3.05, 3.63) is 23.9 Å². The molecule has 0 fully saturated rings. The van der Waals surface area contributed by atoms with Gasteiger partial charge in [-0.3, -0.25) is 0 Å². The van der Waals surface area contributed by atoms with E-state index in [0.29, 0.717) is 5.92 Å². The Bertz CT molecular complexity index is 145. The van der Waals surface area contributed by atoms with Crippen molar-refractivity contribution in [3.8, 4) is 0 Å². The third kappa shape index (κ3) is 3.33. The van der Waals surface area contributed by atoms with Crippen LogP contribution in [0.3, 0.4) is 0 Å². The SMILES string of the molecule is C=C(C)C(C)C/C(N)=C\C. The smallest absolute Gasteiger partial charge is 0.00430 e. The number of allylic oxidation sites excluding steroid dienone is 3. The summed E-state index contributed by atoms with van der Waals surface area (Å²) in [5.41, 5.74) is 7.78. The van der Waals surface area contributed by atoms with Gasteiger partial charge in [-0.05, 0) is 26.2 Å². The Morgan fingerprint density at radius 3 is 2.50 bits per heavy atom. The zero-order valence-electron chi connectivity index (χ0n) is 7.15. The standard InChI is InChI=1S/C9H17N/c1-5-9(10)6-8(4)7(2)3/h5,8H,2,6,10H2,1,3-4H3/b9-5+. The molecule has 58 valence electrons. The Labute approximate surface area is 63.6 Å². The summed E-state index contributed by atoms with van der Waals surface area (Å²) in [6, 6.07) is 0. The molecule has 0 aliphatic rings. The molecule has 2 N–H and O–H groups in total. The molecule has 0 amide bonds. The highest BCUT2D eigenvalue weighted by Gasteiger charge is 2.01. The van der Waals surface area contributed by atoms with Crippen LogP contribution in [-0.2, 0) is 0 Å². The summed E-state index contributed by atoms with van der Waals surface area (Å²) >= 11 is 0. The minimum atomic E-state index is 0.510. The van der Waals surface area contributed by atoms with Crippen LogP contribution in [0.25, 0.3) is 0 Å². The summed E-state index contributed by atoms with van der Waals surface area (Å²) in [7, 11) is 0. The Hall–Kier alpha value is -0.720. The van der Waals surface area contributed by atoms with Crippen molar-refractivity contribution in [1.29, 1.82) is 0 Å². The molecule has 1 unspecified atom stereocenters. The lowest BCUT2D eigenvalue weighted by atomic mass is 9.99. The van der Waals surface area contributed by atoms with Crippen molar-refractivity contribution in [2.75, 3.05) is 0 Å². The van der Waals surface area contributed by atoms with Crippen LogP contribution in [0, 0.1) is 5.92 Å². The number of hydrogen-bond acceptors (Lipinski definition) is 1. The fraction of sp³-hybridized carbons (Fsp3) is 0.556. The van der Waals surface area contributed by atoms with Crippen LogP contribution in [-0.4, -0.2) is 0 Å². The molecule has 0 aliphatic carbocycles. The molecule has 1 atom stereocenters. The lowest BCUT2D eigenvalue weighted by Gasteiger charge is -2.09. The van der Waals surface area contributed by atoms with Crippen molar-refractivity contribution < 1.29 is 0 Å². The molecule has 0 radical (unpaired) electrons.